The van der Waals surface area contributed by atoms with Crippen molar-refractivity contribution in [2.45, 2.75) is 6.54 Å². The fourth-order valence-corrected chi connectivity index (χ4v) is 1.63. The summed E-state index contributed by atoms with van der Waals surface area (Å²) in [5.41, 5.74) is 5.74. The van der Waals surface area contributed by atoms with E-state index in [-0.39, 0.29) is 0 Å². The molecule has 0 amide bonds. The zero-order valence-corrected chi connectivity index (χ0v) is 9.43. The lowest BCUT2D eigenvalue weighted by Gasteiger charge is -2.19. The van der Waals surface area contributed by atoms with Crippen LogP contribution in [-0.2, 0) is 6.54 Å². The molecule has 0 fully saturated rings. The van der Waals surface area contributed by atoms with Crippen molar-refractivity contribution < 1.29 is 0 Å². The van der Waals surface area contributed by atoms with Crippen LogP contribution in [0.15, 0.2) is 60.7 Å². The number of hydrogen-bond donors (Lipinski definition) is 1. The molecule has 2 aromatic rings. The molecule has 2 nitrogen and oxygen atoms in total. The first kappa shape index (κ1) is 10.7. The predicted molar refractivity (Wildman–Crippen MR) is 68.0 cm³/mol. The number of anilines is 1. The minimum absolute atomic E-state index is 0.885. The highest BCUT2D eigenvalue weighted by Crippen LogP contribution is 2.08. The monoisotopic (exact) mass is 212 g/mol. The lowest BCUT2D eigenvalue weighted by atomic mass is 10.2. The van der Waals surface area contributed by atoms with Gasteiger partial charge in [-0.2, -0.15) is 0 Å². The fraction of sp³-hybridized carbons (Fsp3) is 0.143. The molecule has 1 N–H and O–H groups in total. The molecule has 2 aromatic carbocycles. The topological polar surface area (TPSA) is 15.3 Å². The number of rotatable bonds is 4. The van der Waals surface area contributed by atoms with Crippen molar-refractivity contribution in [2.24, 2.45) is 0 Å². The Labute approximate surface area is 96.5 Å². The van der Waals surface area contributed by atoms with E-state index in [2.05, 4.69) is 46.8 Å². The van der Waals surface area contributed by atoms with E-state index in [1.807, 2.05) is 31.3 Å². The van der Waals surface area contributed by atoms with E-state index < -0.39 is 0 Å². The molecule has 0 atom stereocenters. The molecule has 0 unspecified atom stereocenters. The summed E-state index contributed by atoms with van der Waals surface area (Å²) < 4.78 is 0. The van der Waals surface area contributed by atoms with Crippen LogP contribution in [0.2, 0.25) is 0 Å². The standard InChI is InChI=1S/C14H16N2/c1-16(12-13-8-4-2-5-9-13)15-14-10-6-3-7-11-14/h2-11,15H,12H2,1H3. The number of hydrazine groups is 1. The van der Waals surface area contributed by atoms with Gasteiger partial charge in [-0.15, -0.1) is 0 Å². The van der Waals surface area contributed by atoms with Crippen LogP contribution in [0.1, 0.15) is 5.56 Å². The Bertz CT molecular complexity index is 370. The minimum Gasteiger partial charge on any atom is -0.319 e. The molecule has 16 heavy (non-hydrogen) atoms. The third-order valence-electron chi connectivity index (χ3n) is 2.36. The first-order valence-corrected chi connectivity index (χ1v) is 5.41. The summed E-state index contributed by atoms with van der Waals surface area (Å²) in [5.74, 6) is 0. The van der Waals surface area contributed by atoms with Crippen molar-refractivity contribution in [3.8, 4) is 0 Å². The number of para-hydroxylation sites is 1. The highest BCUT2D eigenvalue weighted by Gasteiger charge is 1.98. The Kier molecular flexibility index (Phi) is 3.57. The van der Waals surface area contributed by atoms with Gasteiger partial charge in [0, 0.05) is 19.3 Å². The molecule has 2 heteroatoms. The van der Waals surface area contributed by atoms with Crippen LogP contribution < -0.4 is 5.43 Å². The highest BCUT2D eigenvalue weighted by molar-refractivity contribution is 5.41. The van der Waals surface area contributed by atoms with Crippen molar-refractivity contribution in [3.05, 3.63) is 66.2 Å². The summed E-state index contributed by atoms with van der Waals surface area (Å²) in [5, 5.41) is 2.07. The summed E-state index contributed by atoms with van der Waals surface area (Å²) in [6, 6.07) is 20.6. The van der Waals surface area contributed by atoms with Gasteiger partial charge in [0.15, 0.2) is 0 Å². The van der Waals surface area contributed by atoms with Gasteiger partial charge >= 0.3 is 0 Å². The zero-order valence-electron chi connectivity index (χ0n) is 9.43. The van der Waals surface area contributed by atoms with Crippen LogP contribution in [0.4, 0.5) is 5.69 Å². The maximum Gasteiger partial charge on any atom is 0.0490 e. The van der Waals surface area contributed by atoms with E-state index in [4.69, 9.17) is 0 Å². The third-order valence-corrected chi connectivity index (χ3v) is 2.36. The molecule has 82 valence electrons. The summed E-state index contributed by atoms with van der Waals surface area (Å²) in [6.07, 6.45) is 0. The third kappa shape index (κ3) is 3.11. The molecular formula is C14H16N2. The quantitative estimate of drug-likeness (QED) is 0.783. The predicted octanol–water partition coefficient (Wildman–Crippen LogP) is 3.15. The average Bonchev–Trinajstić information content (AvgIpc) is 2.31. The van der Waals surface area contributed by atoms with Crippen LogP contribution >= 0.6 is 0 Å². The Morgan fingerprint density at radius 3 is 2.06 bits per heavy atom. The Balaban J connectivity index is 1.92. The van der Waals surface area contributed by atoms with Crippen molar-refractivity contribution in [1.29, 1.82) is 0 Å². The van der Waals surface area contributed by atoms with Crippen LogP contribution in [0, 0.1) is 0 Å². The van der Waals surface area contributed by atoms with Gasteiger partial charge in [-0.3, -0.25) is 0 Å². The number of nitrogens with zero attached hydrogens (tertiary/aromatic N) is 1. The highest BCUT2D eigenvalue weighted by atomic mass is 15.5. The zero-order chi connectivity index (χ0) is 11.2. The number of nitrogens with one attached hydrogen (secondary N) is 1. The Morgan fingerprint density at radius 2 is 1.44 bits per heavy atom. The van der Waals surface area contributed by atoms with E-state index in [0.29, 0.717) is 0 Å². The number of hydrogen-bond acceptors (Lipinski definition) is 2. The second-order valence-corrected chi connectivity index (χ2v) is 3.82. The van der Waals surface area contributed by atoms with Gasteiger partial charge in [0.05, 0.1) is 0 Å². The van der Waals surface area contributed by atoms with Gasteiger partial charge in [0.2, 0.25) is 0 Å². The van der Waals surface area contributed by atoms with Crippen molar-refractivity contribution in [2.75, 3.05) is 12.5 Å². The van der Waals surface area contributed by atoms with Crippen LogP contribution in [-0.4, -0.2) is 12.1 Å². The second kappa shape index (κ2) is 5.33. The molecule has 0 spiro atoms. The van der Waals surface area contributed by atoms with Gasteiger partial charge in [0.1, 0.15) is 0 Å². The van der Waals surface area contributed by atoms with Gasteiger partial charge in [-0.1, -0.05) is 48.5 Å². The van der Waals surface area contributed by atoms with Gasteiger partial charge in [-0.05, 0) is 17.7 Å². The molecule has 0 heterocycles. The minimum atomic E-state index is 0.885. The van der Waals surface area contributed by atoms with Crippen molar-refractivity contribution >= 4 is 5.69 Å². The summed E-state index contributed by atoms with van der Waals surface area (Å²) in [4.78, 5) is 0. The van der Waals surface area contributed by atoms with Crippen LogP contribution in [0.25, 0.3) is 0 Å². The van der Waals surface area contributed by atoms with Crippen molar-refractivity contribution in [3.63, 3.8) is 0 Å². The molecule has 0 saturated heterocycles. The van der Waals surface area contributed by atoms with Crippen molar-refractivity contribution in [1.82, 2.24) is 5.01 Å². The molecule has 0 aliphatic carbocycles. The Morgan fingerprint density at radius 1 is 0.875 bits per heavy atom. The van der Waals surface area contributed by atoms with E-state index in [0.717, 1.165) is 12.2 Å². The number of benzene rings is 2. The largest absolute Gasteiger partial charge is 0.319 e. The molecule has 2 rings (SSSR count). The van der Waals surface area contributed by atoms with Gasteiger partial charge in [-0.25, -0.2) is 5.01 Å². The maximum absolute atomic E-state index is 3.32. The molecule has 0 aliphatic rings. The molecular weight excluding hydrogens is 196 g/mol. The first-order chi connectivity index (χ1) is 7.84. The molecule has 0 bridgehead atoms. The van der Waals surface area contributed by atoms with Gasteiger partial charge < -0.3 is 5.43 Å². The van der Waals surface area contributed by atoms with E-state index in [9.17, 15) is 0 Å². The lowest BCUT2D eigenvalue weighted by molar-refractivity contribution is 0.395. The maximum atomic E-state index is 3.32. The molecule has 0 aliphatic heterocycles. The summed E-state index contributed by atoms with van der Waals surface area (Å²) in [6.45, 7) is 0.885. The smallest absolute Gasteiger partial charge is 0.0490 e. The fourth-order valence-electron chi connectivity index (χ4n) is 1.63. The van der Waals surface area contributed by atoms with E-state index in [1.54, 1.807) is 0 Å². The lowest BCUT2D eigenvalue weighted by Crippen LogP contribution is -2.24. The van der Waals surface area contributed by atoms with E-state index in [1.165, 1.54) is 5.56 Å². The van der Waals surface area contributed by atoms with Gasteiger partial charge in [0.25, 0.3) is 0 Å². The molecule has 0 aromatic heterocycles. The van der Waals surface area contributed by atoms with E-state index >= 15 is 0 Å². The summed E-state index contributed by atoms with van der Waals surface area (Å²) >= 11 is 0. The SMILES string of the molecule is CN(Cc1ccccc1)Nc1ccccc1. The first-order valence-electron chi connectivity index (χ1n) is 5.41. The normalized spacial score (nSPS) is 10.4. The molecule has 0 radical (unpaired) electrons. The second-order valence-electron chi connectivity index (χ2n) is 3.82. The summed E-state index contributed by atoms with van der Waals surface area (Å²) in [7, 11) is 2.04. The Hall–Kier alpha value is -1.80. The average molecular weight is 212 g/mol. The van der Waals surface area contributed by atoms with Crippen LogP contribution in [0.5, 0.6) is 0 Å². The molecule has 0 saturated carbocycles. The van der Waals surface area contributed by atoms with Crippen LogP contribution in [0.3, 0.4) is 0 Å².